The molecule has 2 heterocycles. The Morgan fingerprint density at radius 2 is 1.81 bits per heavy atom. The van der Waals surface area contributed by atoms with Crippen LogP contribution < -0.4 is 4.74 Å². The van der Waals surface area contributed by atoms with Gasteiger partial charge in [-0.15, -0.1) is 0 Å². The van der Waals surface area contributed by atoms with Gasteiger partial charge in [-0.3, -0.25) is 4.79 Å². The number of halogens is 2. The molecular formula is C20H12Cl2O4. The average Bonchev–Trinajstić information content (AvgIpc) is 3.30. The minimum atomic E-state index is -0.250. The number of hydrogen-bond acceptors (Lipinski definition) is 4. The third kappa shape index (κ3) is 3.09. The van der Waals surface area contributed by atoms with Gasteiger partial charge in [0.15, 0.2) is 5.76 Å². The third-order valence-electron chi connectivity index (χ3n) is 3.98. The van der Waals surface area contributed by atoms with E-state index in [9.17, 15) is 4.79 Å². The van der Waals surface area contributed by atoms with E-state index in [1.165, 1.54) is 12.5 Å². The minimum absolute atomic E-state index is 0.212. The van der Waals surface area contributed by atoms with E-state index in [2.05, 4.69) is 0 Å². The fourth-order valence-corrected chi connectivity index (χ4v) is 3.15. The van der Waals surface area contributed by atoms with Gasteiger partial charge in [-0.1, -0.05) is 29.3 Å². The normalized spacial score (nSPS) is 11.0. The number of ketones is 1. The van der Waals surface area contributed by atoms with Crippen LogP contribution in [0.2, 0.25) is 10.0 Å². The maximum Gasteiger partial charge on any atom is 0.232 e. The maximum atomic E-state index is 12.5. The van der Waals surface area contributed by atoms with Crippen LogP contribution in [0.1, 0.15) is 21.7 Å². The van der Waals surface area contributed by atoms with Gasteiger partial charge < -0.3 is 13.6 Å². The molecule has 0 amide bonds. The van der Waals surface area contributed by atoms with Crippen molar-refractivity contribution in [1.82, 2.24) is 0 Å². The van der Waals surface area contributed by atoms with Gasteiger partial charge in [0, 0.05) is 21.0 Å². The Morgan fingerprint density at radius 1 is 1.00 bits per heavy atom. The molecule has 4 rings (SSSR count). The fraction of sp³-hybridized carbons (Fsp3) is 0.0500. The van der Waals surface area contributed by atoms with Gasteiger partial charge in [-0.25, -0.2) is 0 Å². The van der Waals surface area contributed by atoms with Crippen LogP contribution in [0.3, 0.4) is 0 Å². The monoisotopic (exact) mass is 386 g/mol. The van der Waals surface area contributed by atoms with Gasteiger partial charge in [0.05, 0.1) is 11.8 Å². The molecule has 0 aliphatic heterocycles. The number of carbonyl (C=O) groups is 1. The predicted molar refractivity (Wildman–Crippen MR) is 99.1 cm³/mol. The van der Waals surface area contributed by atoms with Crippen molar-refractivity contribution >= 4 is 40.0 Å². The molecule has 0 fully saturated rings. The Hall–Kier alpha value is -2.69. The summed E-state index contributed by atoms with van der Waals surface area (Å²) in [5.74, 6) is 0.574. The van der Waals surface area contributed by atoms with E-state index in [0.717, 1.165) is 0 Å². The molecule has 0 radical (unpaired) electrons. The quantitative estimate of drug-likeness (QED) is 0.386. The number of furan rings is 2. The zero-order chi connectivity index (χ0) is 18.1. The van der Waals surface area contributed by atoms with Crippen molar-refractivity contribution < 1.29 is 18.4 Å². The van der Waals surface area contributed by atoms with Gasteiger partial charge in [0.25, 0.3) is 0 Å². The Labute approximate surface area is 158 Å². The minimum Gasteiger partial charge on any atom is -0.489 e. The summed E-state index contributed by atoms with van der Waals surface area (Å²) < 4.78 is 16.5. The number of benzene rings is 2. The molecule has 0 unspecified atom stereocenters. The van der Waals surface area contributed by atoms with Gasteiger partial charge in [-0.05, 0) is 42.5 Å². The molecule has 0 aliphatic rings. The fourth-order valence-electron chi connectivity index (χ4n) is 2.64. The Kier molecular flexibility index (Phi) is 4.45. The largest absolute Gasteiger partial charge is 0.489 e. The molecule has 130 valence electrons. The molecule has 26 heavy (non-hydrogen) atoms. The van der Waals surface area contributed by atoms with Crippen LogP contribution in [0.4, 0.5) is 0 Å². The highest BCUT2D eigenvalue weighted by Crippen LogP contribution is 2.30. The SMILES string of the molecule is O=C(c1ccco1)c1coc2ccc(OCc3c(Cl)cccc3Cl)cc12. The lowest BCUT2D eigenvalue weighted by molar-refractivity contribution is 0.101. The van der Waals surface area contributed by atoms with Crippen molar-refractivity contribution in [2.75, 3.05) is 0 Å². The van der Waals surface area contributed by atoms with E-state index < -0.39 is 0 Å². The van der Waals surface area contributed by atoms with Crippen molar-refractivity contribution in [3.05, 3.63) is 88.0 Å². The summed E-state index contributed by atoms with van der Waals surface area (Å²) in [5.41, 5.74) is 1.70. The standard InChI is InChI=1S/C20H12Cl2O4/c21-16-3-1-4-17(22)15(16)11-25-12-6-7-18-13(9-12)14(10-26-18)20(23)19-5-2-8-24-19/h1-10H,11H2. The molecule has 0 saturated carbocycles. The van der Waals surface area contributed by atoms with E-state index in [4.69, 9.17) is 36.8 Å². The summed E-state index contributed by atoms with van der Waals surface area (Å²) in [6.07, 6.45) is 2.88. The average molecular weight is 387 g/mol. The van der Waals surface area contributed by atoms with E-state index >= 15 is 0 Å². The van der Waals surface area contributed by atoms with Gasteiger partial charge >= 0.3 is 0 Å². The van der Waals surface area contributed by atoms with E-state index in [-0.39, 0.29) is 18.2 Å². The number of rotatable bonds is 5. The van der Waals surface area contributed by atoms with Crippen LogP contribution in [0, 0.1) is 0 Å². The summed E-state index contributed by atoms with van der Waals surface area (Å²) in [6, 6.07) is 13.8. The van der Waals surface area contributed by atoms with Crippen molar-refractivity contribution in [1.29, 1.82) is 0 Å². The highest BCUT2D eigenvalue weighted by Gasteiger charge is 2.18. The van der Waals surface area contributed by atoms with E-state index in [1.54, 1.807) is 48.5 Å². The number of carbonyl (C=O) groups excluding carboxylic acids is 1. The van der Waals surface area contributed by atoms with E-state index in [1.807, 2.05) is 0 Å². The number of fused-ring (bicyclic) bond motifs is 1. The molecule has 4 aromatic rings. The van der Waals surface area contributed by atoms with Crippen LogP contribution >= 0.6 is 23.2 Å². The first-order valence-electron chi connectivity index (χ1n) is 7.78. The van der Waals surface area contributed by atoms with Crippen LogP contribution in [0.25, 0.3) is 11.0 Å². The van der Waals surface area contributed by atoms with Gasteiger partial charge in [0.1, 0.15) is 24.2 Å². The summed E-state index contributed by atoms with van der Waals surface area (Å²) >= 11 is 12.3. The summed E-state index contributed by atoms with van der Waals surface area (Å²) in [6.45, 7) is 0.212. The molecule has 4 nitrogen and oxygen atoms in total. The number of ether oxygens (including phenoxy) is 1. The first-order chi connectivity index (χ1) is 12.6. The third-order valence-corrected chi connectivity index (χ3v) is 4.69. The highest BCUT2D eigenvalue weighted by molar-refractivity contribution is 6.35. The second-order valence-electron chi connectivity index (χ2n) is 5.60. The molecule has 0 aliphatic carbocycles. The first-order valence-corrected chi connectivity index (χ1v) is 8.54. The highest BCUT2D eigenvalue weighted by atomic mass is 35.5. The smallest absolute Gasteiger partial charge is 0.232 e. The van der Waals surface area contributed by atoms with Crippen LogP contribution in [-0.4, -0.2) is 5.78 Å². The van der Waals surface area contributed by atoms with Crippen molar-refractivity contribution in [2.45, 2.75) is 6.61 Å². The molecule has 0 spiro atoms. The Balaban J connectivity index is 1.63. The molecule has 2 aromatic carbocycles. The lowest BCUT2D eigenvalue weighted by Gasteiger charge is -2.09. The van der Waals surface area contributed by atoms with Crippen molar-refractivity contribution in [3.63, 3.8) is 0 Å². The van der Waals surface area contributed by atoms with Crippen molar-refractivity contribution in [2.24, 2.45) is 0 Å². The molecule has 0 atom stereocenters. The lowest BCUT2D eigenvalue weighted by Crippen LogP contribution is -1.99. The predicted octanol–water partition coefficient (Wildman–Crippen LogP) is 6.14. The topological polar surface area (TPSA) is 52.6 Å². The van der Waals surface area contributed by atoms with E-state index in [0.29, 0.717) is 37.9 Å². The Morgan fingerprint density at radius 3 is 2.54 bits per heavy atom. The molecule has 6 heteroatoms. The van der Waals surface area contributed by atoms with Crippen LogP contribution in [0.5, 0.6) is 5.75 Å². The molecule has 0 saturated heterocycles. The zero-order valence-corrected chi connectivity index (χ0v) is 14.9. The first kappa shape index (κ1) is 16.8. The maximum absolute atomic E-state index is 12.5. The van der Waals surface area contributed by atoms with Crippen LogP contribution in [0.15, 0.2) is 69.9 Å². The molecular weight excluding hydrogens is 375 g/mol. The second-order valence-corrected chi connectivity index (χ2v) is 6.42. The van der Waals surface area contributed by atoms with Gasteiger partial charge in [-0.2, -0.15) is 0 Å². The summed E-state index contributed by atoms with van der Waals surface area (Å²) in [4.78, 5) is 12.5. The van der Waals surface area contributed by atoms with Gasteiger partial charge in [0.2, 0.25) is 5.78 Å². The van der Waals surface area contributed by atoms with Crippen molar-refractivity contribution in [3.8, 4) is 5.75 Å². The lowest BCUT2D eigenvalue weighted by atomic mass is 10.1. The molecule has 0 N–H and O–H groups in total. The number of hydrogen-bond donors (Lipinski definition) is 0. The molecule has 2 aromatic heterocycles. The zero-order valence-electron chi connectivity index (χ0n) is 13.4. The molecule has 0 bridgehead atoms. The van der Waals surface area contributed by atoms with Crippen LogP contribution in [-0.2, 0) is 6.61 Å². The summed E-state index contributed by atoms with van der Waals surface area (Å²) in [7, 11) is 0. The Bertz CT molecular complexity index is 1060. The second kappa shape index (κ2) is 6.90. The summed E-state index contributed by atoms with van der Waals surface area (Å²) in [5, 5.41) is 1.72.